The van der Waals surface area contributed by atoms with E-state index < -0.39 is 0 Å². The number of anilines is 1. The van der Waals surface area contributed by atoms with E-state index >= 15 is 0 Å². The lowest BCUT2D eigenvalue weighted by Gasteiger charge is -2.05. The van der Waals surface area contributed by atoms with Crippen molar-refractivity contribution in [1.29, 1.82) is 0 Å². The van der Waals surface area contributed by atoms with Crippen LogP contribution >= 0.6 is 0 Å². The van der Waals surface area contributed by atoms with Crippen molar-refractivity contribution >= 4 is 5.95 Å². The second kappa shape index (κ2) is 7.10. The maximum atomic E-state index is 13.3. The van der Waals surface area contributed by atoms with Gasteiger partial charge in [-0.1, -0.05) is 6.07 Å². The van der Waals surface area contributed by atoms with E-state index in [1.807, 2.05) is 24.4 Å². The zero-order valence-electron chi connectivity index (χ0n) is 13.7. The van der Waals surface area contributed by atoms with Crippen molar-refractivity contribution in [3.05, 3.63) is 84.8 Å². The van der Waals surface area contributed by atoms with Gasteiger partial charge in [0.15, 0.2) is 0 Å². The van der Waals surface area contributed by atoms with Crippen LogP contribution in [-0.4, -0.2) is 24.7 Å². The van der Waals surface area contributed by atoms with Gasteiger partial charge in [0.1, 0.15) is 5.82 Å². The zero-order valence-corrected chi connectivity index (χ0v) is 13.7. The molecule has 0 radical (unpaired) electrons. The molecule has 26 heavy (non-hydrogen) atoms. The van der Waals surface area contributed by atoms with Gasteiger partial charge in [-0.2, -0.15) is 5.10 Å². The van der Waals surface area contributed by atoms with Gasteiger partial charge in [-0.05, 0) is 36.4 Å². The van der Waals surface area contributed by atoms with Gasteiger partial charge in [0.2, 0.25) is 5.95 Å². The molecular formula is C19H15FN6. The van der Waals surface area contributed by atoms with Gasteiger partial charge in [-0.3, -0.25) is 4.98 Å². The van der Waals surface area contributed by atoms with E-state index in [-0.39, 0.29) is 5.82 Å². The third kappa shape index (κ3) is 3.56. The second-order valence-electron chi connectivity index (χ2n) is 5.63. The number of pyridine rings is 1. The van der Waals surface area contributed by atoms with Crippen molar-refractivity contribution in [2.75, 3.05) is 5.32 Å². The van der Waals surface area contributed by atoms with Gasteiger partial charge in [0, 0.05) is 42.5 Å². The summed E-state index contributed by atoms with van der Waals surface area (Å²) in [5.41, 5.74) is 3.41. The highest BCUT2D eigenvalue weighted by Crippen LogP contribution is 2.16. The smallest absolute Gasteiger partial charge is 0.223 e. The number of nitrogens with one attached hydrogen (secondary N) is 1. The lowest BCUT2D eigenvalue weighted by molar-refractivity contribution is 0.625. The molecule has 7 heteroatoms. The monoisotopic (exact) mass is 346 g/mol. The standard InChI is InChI=1S/C19H15FN6/c20-16-2-1-3-17(10-16)26-13-14(12-24-26)11-23-19-22-9-6-18(25-19)15-4-7-21-8-5-15/h1-10,12-13H,11H2,(H,22,23,25). The molecule has 3 aromatic heterocycles. The van der Waals surface area contributed by atoms with E-state index in [1.165, 1.54) is 12.1 Å². The summed E-state index contributed by atoms with van der Waals surface area (Å²) < 4.78 is 15.0. The summed E-state index contributed by atoms with van der Waals surface area (Å²) in [6, 6.07) is 11.9. The van der Waals surface area contributed by atoms with Gasteiger partial charge in [0.05, 0.1) is 17.6 Å². The van der Waals surface area contributed by atoms with E-state index in [4.69, 9.17) is 0 Å². The van der Waals surface area contributed by atoms with Gasteiger partial charge in [-0.15, -0.1) is 0 Å². The molecule has 1 aromatic carbocycles. The van der Waals surface area contributed by atoms with Crippen LogP contribution in [-0.2, 0) is 6.54 Å². The number of rotatable bonds is 5. The molecule has 128 valence electrons. The maximum absolute atomic E-state index is 13.3. The molecule has 0 unspecified atom stereocenters. The van der Waals surface area contributed by atoms with Crippen LogP contribution in [0.4, 0.5) is 10.3 Å². The Bertz CT molecular complexity index is 1020. The summed E-state index contributed by atoms with van der Waals surface area (Å²) in [5, 5.41) is 7.45. The van der Waals surface area contributed by atoms with Gasteiger partial charge < -0.3 is 5.32 Å². The Balaban J connectivity index is 1.47. The minimum Gasteiger partial charge on any atom is -0.350 e. The Morgan fingerprint density at radius 2 is 1.92 bits per heavy atom. The van der Waals surface area contributed by atoms with E-state index in [0.717, 1.165) is 16.8 Å². The summed E-state index contributed by atoms with van der Waals surface area (Å²) in [6.07, 6.45) is 8.73. The predicted molar refractivity (Wildman–Crippen MR) is 96.1 cm³/mol. The Kier molecular flexibility index (Phi) is 4.34. The SMILES string of the molecule is Fc1cccc(-n2cc(CNc3nccc(-c4ccncc4)n3)cn2)c1. The molecule has 4 aromatic rings. The van der Waals surface area contributed by atoms with E-state index in [1.54, 1.807) is 41.6 Å². The van der Waals surface area contributed by atoms with Crippen molar-refractivity contribution in [2.45, 2.75) is 6.54 Å². The Morgan fingerprint density at radius 1 is 1.04 bits per heavy atom. The fourth-order valence-corrected chi connectivity index (χ4v) is 2.52. The maximum Gasteiger partial charge on any atom is 0.223 e. The molecule has 6 nitrogen and oxygen atoms in total. The largest absolute Gasteiger partial charge is 0.350 e. The molecule has 0 aliphatic heterocycles. The molecule has 0 spiro atoms. The summed E-state index contributed by atoms with van der Waals surface area (Å²) in [6.45, 7) is 0.509. The first kappa shape index (κ1) is 15.9. The molecule has 0 atom stereocenters. The average Bonchev–Trinajstić information content (AvgIpc) is 3.16. The van der Waals surface area contributed by atoms with Crippen molar-refractivity contribution in [3.63, 3.8) is 0 Å². The average molecular weight is 346 g/mol. The van der Waals surface area contributed by atoms with E-state index in [2.05, 4.69) is 25.4 Å². The Hall–Kier alpha value is -3.61. The first-order valence-electron chi connectivity index (χ1n) is 8.05. The quantitative estimate of drug-likeness (QED) is 0.599. The number of hydrogen-bond acceptors (Lipinski definition) is 5. The van der Waals surface area contributed by atoms with Crippen LogP contribution in [0, 0.1) is 5.82 Å². The molecule has 3 heterocycles. The summed E-state index contributed by atoms with van der Waals surface area (Å²) in [4.78, 5) is 12.8. The van der Waals surface area contributed by atoms with Gasteiger partial charge in [0.25, 0.3) is 0 Å². The molecule has 0 aliphatic carbocycles. The normalized spacial score (nSPS) is 10.7. The molecular weight excluding hydrogens is 331 g/mol. The molecule has 0 saturated heterocycles. The summed E-state index contributed by atoms with van der Waals surface area (Å²) >= 11 is 0. The fourth-order valence-electron chi connectivity index (χ4n) is 2.52. The molecule has 1 N–H and O–H groups in total. The third-order valence-corrected chi connectivity index (χ3v) is 3.79. The minimum atomic E-state index is -0.293. The van der Waals surface area contributed by atoms with Gasteiger partial charge in [-0.25, -0.2) is 19.0 Å². The van der Waals surface area contributed by atoms with Crippen LogP contribution < -0.4 is 5.32 Å². The predicted octanol–water partition coefficient (Wildman–Crippen LogP) is 3.48. The molecule has 0 amide bonds. The van der Waals surface area contributed by atoms with Crippen molar-refractivity contribution in [2.24, 2.45) is 0 Å². The number of aromatic nitrogens is 5. The second-order valence-corrected chi connectivity index (χ2v) is 5.63. The lowest BCUT2D eigenvalue weighted by atomic mass is 10.2. The van der Waals surface area contributed by atoms with Crippen LogP contribution in [0.2, 0.25) is 0 Å². The fraction of sp³-hybridized carbons (Fsp3) is 0.0526. The number of nitrogens with zero attached hydrogens (tertiary/aromatic N) is 5. The van der Waals surface area contributed by atoms with Gasteiger partial charge >= 0.3 is 0 Å². The van der Waals surface area contributed by atoms with Crippen LogP contribution in [0.5, 0.6) is 0 Å². The third-order valence-electron chi connectivity index (χ3n) is 3.79. The molecule has 0 fully saturated rings. The lowest BCUT2D eigenvalue weighted by Crippen LogP contribution is -2.03. The van der Waals surface area contributed by atoms with E-state index in [9.17, 15) is 4.39 Å². The van der Waals surface area contributed by atoms with Crippen LogP contribution in [0.1, 0.15) is 5.56 Å². The minimum absolute atomic E-state index is 0.293. The molecule has 0 saturated carbocycles. The number of halogens is 1. The molecule has 0 aliphatic rings. The molecule has 4 rings (SSSR count). The highest BCUT2D eigenvalue weighted by Gasteiger charge is 2.05. The van der Waals surface area contributed by atoms with Crippen molar-refractivity contribution in [3.8, 4) is 16.9 Å². The Morgan fingerprint density at radius 3 is 2.77 bits per heavy atom. The highest BCUT2D eigenvalue weighted by atomic mass is 19.1. The first-order chi connectivity index (χ1) is 12.8. The number of benzene rings is 1. The van der Waals surface area contributed by atoms with E-state index in [0.29, 0.717) is 18.2 Å². The number of hydrogen-bond donors (Lipinski definition) is 1. The highest BCUT2D eigenvalue weighted by molar-refractivity contribution is 5.59. The summed E-state index contributed by atoms with van der Waals surface area (Å²) in [5.74, 6) is 0.233. The first-order valence-corrected chi connectivity index (χ1v) is 8.05. The topological polar surface area (TPSA) is 68.5 Å². The van der Waals surface area contributed by atoms with Crippen LogP contribution in [0.3, 0.4) is 0 Å². The molecule has 0 bridgehead atoms. The van der Waals surface area contributed by atoms with Crippen LogP contribution in [0.25, 0.3) is 16.9 Å². The van der Waals surface area contributed by atoms with Crippen LogP contribution in [0.15, 0.2) is 73.4 Å². The zero-order chi connectivity index (χ0) is 17.8. The van der Waals surface area contributed by atoms with Crippen molar-refractivity contribution in [1.82, 2.24) is 24.7 Å². The summed E-state index contributed by atoms with van der Waals surface area (Å²) in [7, 11) is 0. The van der Waals surface area contributed by atoms with Crippen molar-refractivity contribution < 1.29 is 4.39 Å². The Labute approximate surface area is 149 Å².